The highest BCUT2D eigenvalue weighted by atomic mass is 16.2. The molecule has 136 valence electrons. The highest BCUT2D eigenvalue weighted by Gasteiger charge is 2.31. The zero-order valence-electron chi connectivity index (χ0n) is 14.9. The molecule has 2 saturated heterocycles. The third kappa shape index (κ3) is 5.19. The Morgan fingerprint density at radius 2 is 1.50 bits per heavy atom. The second-order valence-corrected chi connectivity index (χ2v) is 6.81. The number of carbonyl (C=O) groups excluding carboxylic acids is 3. The van der Waals surface area contributed by atoms with Gasteiger partial charge in [0.05, 0.1) is 12.5 Å². The van der Waals surface area contributed by atoms with Crippen molar-refractivity contribution < 1.29 is 14.4 Å². The van der Waals surface area contributed by atoms with Crippen LogP contribution < -0.4 is 5.32 Å². The summed E-state index contributed by atoms with van der Waals surface area (Å²) in [5.41, 5.74) is 0. The first kappa shape index (κ1) is 18.7. The topological polar surface area (TPSA) is 73.0 Å². The van der Waals surface area contributed by atoms with Crippen molar-refractivity contribution in [3.8, 4) is 0 Å². The second-order valence-electron chi connectivity index (χ2n) is 6.81. The Morgan fingerprint density at radius 1 is 0.917 bits per heavy atom. The van der Waals surface area contributed by atoms with Gasteiger partial charge in [-0.1, -0.05) is 12.8 Å². The molecule has 3 amide bonds. The first-order chi connectivity index (χ1) is 11.5. The molecule has 1 N–H and O–H groups in total. The Balaban J connectivity index is 2.00. The molecule has 0 aromatic rings. The van der Waals surface area contributed by atoms with E-state index < -0.39 is 0 Å². The van der Waals surface area contributed by atoms with E-state index in [-0.39, 0.29) is 23.6 Å². The lowest BCUT2D eigenvalue weighted by Gasteiger charge is -2.27. The molecule has 1 atom stereocenters. The summed E-state index contributed by atoms with van der Waals surface area (Å²) in [6.07, 6.45) is 4.76. The number of nitrogens with zero attached hydrogens (tertiary/aromatic N) is 3. The van der Waals surface area contributed by atoms with Crippen LogP contribution in [-0.4, -0.2) is 85.3 Å². The minimum absolute atomic E-state index is 0.0503. The van der Waals surface area contributed by atoms with Crippen LogP contribution in [0.4, 0.5) is 0 Å². The van der Waals surface area contributed by atoms with Gasteiger partial charge in [-0.05, 0) is 25.9 Å². The summed E-state index contributed by atoms with van der Waals surface area (Å²) in [5, 5.41) is 2.65. The average molecular weight is 338 g/mol. The molecule has 2 rings (SSSR count). The van der Waals surface area contributed by atoms with E-state index >= 15 is 0 Å². The van der Waals surface area contributed by atoms with Crippen LogP contribution in [-0.2, 0) is 14.4 Å². The predicted octanol–water partition coefficient (Wildman–Crippen LogP) is -0.0847. The lowest BCUT2D eigenvalue weighted by atomic mass is 10.1. The smallest absolute Gasteiger partial charge is 0.236 e. The minimum atomic E-state index is -0.366. The molecule has 7 heteroatoms. The fraction of sp³-hybridized carbons (Fsp3) is 0.824. The number of likely N-dealkylation sites (tertiary alicyclic amines) is 1. The van der Waals surface area contributed by atoms with Crippen molar-refractivity contribution in [1.29, 1.82) is 0 Å². The molecule has 2 fully saturated rings. The largest absolute Gasteiger partial charge is 0.359 e. The van der Waals surface area contributed by atoms with Crippen molar-refractivity contribution >= 4 is 17.7 Å². The maximum atomic E-state index is 12.7. The number of carbonyl (C=O) groups is 3. The van der Waals surface area contributed by atoms with Crippen LogP contribution in [0.1, 0.15) is 32.6 Å². The van der Waals surface area contributed by atoms with Crippen molar-refractivity contribution in [3.05, 3.63) is 0 Å². The van der Waals surface area contributed by atoms with Crippen molar-refractivity contribution in [2.24, 2.45) is 5.92 Å². The molecule has 0 aliphatic carbocycles. The van der Waals surface area contributed by atoms with Gasteiger partial charge in [0.15, 0.2) is 0 Å². The van der Waals surface area contributed by atoms with Gasteiger partial charge in [0.2, 0.25) is 17.7 Å². The standard InChI is InChI=1S/C17H30N4O3/c1-14(22)20-9-10-21(12-15(11-20)17(24)18-2)16(23)13-19-7-5-3-4-6-8-19/h15H,3-13H2,1-2H3,(H,18,24)/t15-/m0/s1. The number of nitrogens with one attached hydrogen (secondary N) is 1. The van der Waals surface area contributed by atoms with Crippen LogP contribution in [0, 0.1) is 5.92 Å². The van der Waals surface area contributed by atoms with E-state index in [4.69, 9.17) is 0 Å². The van der Waals surface area contributed by atoms with E-state index in [1.54, 1.807) is 16.8 Å². The summed E-state index contributed by atoms with van der Waals surface area (Å²) in [7, 11) is 1.59. The molecule has 24 heavy (non-hydrogen) atoms. The molecule has 2 heterocycles. The summed E-state index contributed by atoms with van der Waals surface area (Å²) in [5.74, 6) is -0.466. The monoisotopic (exact) mass is 338 g/mol. The van der Waals surface area contributed by atoms with Crippen molar-refractivity contribution in [3.63, 3.8) is 0 Å². The van der Waals surface area contributed by atoms with E-state index in [9.17, 15) is 14.4 Å². The maximum Gasteiger partial charge on any atom is 0.236 e. The molecule has 7 nitrogen and oxygen atoms in total. The van der Waals surface area contributed by atoms with E-state index in [1.807, 2.05) is 0 Å². The van der Waals surface area contributed by atoms with Gasteiger partial charge in [-0.25, -0.2) is 0 Å². The quantitative estimate of drug-likeness (QED) is 0.781. The SMILES string of the molecule is CNC(=O)[C@H]1CN(C(C)=O)CCN(C(=O)CN2CCCCCC2)C1. The predicted molar refractivity (Wildman–Crippen MR) is 91.3 cm³/mol. The Kier molecular flexibility index (Phi) is 7.02. The van der Waals surface area contributed by atoms with Gasteiger partial charge >= 0.3 is 0 Å². The zero-order valence-corrected chi connectivity index (χ0v) is 14.9. The van der Waals surface area contributed by atoms with Crippen LogP contribution in [0.25, 0.3) is 0 Å². The second kappa shape index (κ2) is 9.01. The van der Waals surface area contributed by atoms with E-state index in [0.29, 0.717) is 32.7 Å². The molecule has 0 spiro atoms. The Hall–Kier alpha value is -1.63. The van der Waals surface area contributed by atoms with E-state index in [2.05, 4.69) is 10.2 Å². The summed E-state index contributed by atoms with van der Waals surface area (Å²) in [6.45, 7) is 5.62. The number of rotatable bonds is 3. The summed E-state index contributed by atoms with van der Waals surface area (Å²) < 4.78 is 0. The fourth-order valence-corrected chi connectivity index (χ4v) is 3.48. The molecular formula is C17H30N4O3. The molecule has 0 saturated carbocycles. The van der Waals surface area contributed by atoms with Gasteiger partial charge in [0.1, 0.15) is 0 Å². The van der Waals surface area contributed by atoms with Gasteiger partial charge in [-0.15, -0.1) is 0 Å². The van der Waals surface area contributed by atoms with Crippen LogP contribution in [0.3, 0.4) is 0 Å². The Bertz CT molecular complexity index is 461. The highest BCUT2D eigenvalue weighted by Crippen LogP contribution is 2.13. The molecule has 0 aromatic heterocycles. The molecule has 0 aromatic carbocycles. The van der Waals surface area contributed by atoms with Crippen molar-refractivity contribution in [2.45, 2.75) is 32.6 Å². The molecule has 2 aliphatic rings. The van der Waals surface area contributed by atoms with Crippen molar-refractivity contribution in [2.75, 3.05) is 52.9 Å². The van der Waals surface area contributed by atoms with Gasteiger partial charge in [-0.2, -0.15) is 0 Å². The molecule has 0 radical (unpaired) electrons. The van der Waals surface area contributed by atoms with Crippen LogP contribution in [0.15, 0.2) is 0 Å². The zero-order chi connectivity index (χ0) is 17.5. The summed E-state index contributed by atoms with van der Waals surface area (Å²) in [4.78, 5) is 42.2. The minimum Gasteiger partial charge on any atom is -0.359 e. The van der Waals surface area contributed by atoms with Gasteiger partial charge < -0.3 is 15.1 Å². The summed E-state index contributed by atoms with van der Waals surface area (Å²) >= 11 is 0. The van der Waals surface area contributed by atoms with Gasteiger partial charge in [0, 0.05) is 40.2 Å². The summed E-state index contributed by atoms with van der Waals surface area (Å²) in [6, 6.07) is 0. The normalized spacial score (nSPS) is 23.3. The Morgan fingerprint density at radius 3 is 2.08 bits per heavy atom. The number of hydrogen-bond acceptors (Lipinski definition) is 4. The van der Waals surface area contributed by atoms with Gasteiger partial charge in [-0.3, -0.25) is 19.3 Å². The molecule has 2 aliphatic heterocycles. The van der Waals surface area contributed by atoms with Crippen LogP contribution >= 0.6 is 0 Å². The van der Waals surface area contributed by atoms with Crippen LogP contribution in [0.5, 0.6) is 0 Å². The number of amides is 3. The third-order valence-electron chi connectivity index (χ3n) is 4.99. The van der Waals surface area contributed by atoms with E-state index in [0.717, 1.165) is 25.9 Å². The third-order valence-corrected chi connectivity index (χ3v) is 4.99. The van der Waals surface area contributed by atoms with Crippen molar-refractivity contribution in [1.82, 2.24) is 20.0 Å². The number of hydrogen-bond donors (Lipinski definition) is 1. The first-order valence-corrected chi connectivity index (χ1v) is 8.98. The van der Waals surface area contributed by atoms with Gasteiger partial charge in [0.25, 0.3) is 0 Å². The lowest BCUT2D eigenvalue weighted by Crippen LogP contribution is -2.45. The van der Waals surface area contributed by atoms with E-state index in [1.165, 1.54) is 19.8 Å². The Labute approximate surface area is 144 Å². The molecule has 0 bridgehead atoms. The first-order valence-electron chi connectivity index (χ1n) is 8.98. The lowest BCUT2D eigenvalue weighted by molar-refractivity contribution is -0.134. The maximum absolute atomic E-state index is 12.7. The highest BCUT2D eigenvalue weighted by molar-refractivity contribution is 5.83. The molecule has 0 unspecified atom stereocenters. The molecular weight excluding hydrogens is 308 g/mol. The average Bonchev–Trinajstić information content (AvgIpc) is 2.94. The fourth-order valence-electron chi connectivity index (χ4n) is 3.48. The van der Waals surface area contributed by atoms with Crippen LogP contribution in [0.2, 0.25) is 0 Å².